The van der Waals surface area contributed by atoms with Gasteiger partial charge in [0.15, 0.2) is 5.96 Å². The monoisotopic (exact) mass is 370 g/mol. The van der Waals surface area contributed by atoms with Gasteiger partial charge in [0.2, 0.25) is 0 Å². The summed E-state index contributed by atoms with van der Waals surface area (Å²) in [5, 5.41) is 6.56. The number of likely N-dealkylation sites (tertiary alicyclic amines) is 1. The largest absolute Gasteiger partial charge is 0.401 e. The van der Waals surface area contributed by atoms with Gasteiger partial charge < -0.3 is 10.6 Å². The van der Waals surface area contributed by atoms with Gasteiger partial charge in [-0.2, -0.15) is 13.2 Å². The second-order valence-electron chi connectivity index (χ2n) is 7.66. The highest BCUT2D eigenvalue weighted by atomic mass is 19.4. The molecular formula is C19H29F3N4. The van der Waals surface area contributed by atoms with E-state index in [4.69, 9.17) is 0 Å². The lowest BCUT2D eigenvalue weighted by Gasteiger charge is -2.28. The Morgan fingerprint density at radius 3 is 2.46 bits per heavy atom. The van der Waals surface area contributed by atoms with E-state index >= 15 is 0 Å². The standard InChI is InChI=1S/C19H29F3N4/c1-14-5-7-15(8-6-14)18(2,3)12-24-17(23-4)25-16-9-10-26(11-16)13-19(20,21)22/h5-8,16H,9-13H2,1-4H3,(H2,23,24,25). The Morgan fingerprint density at radius 1 is 1.23 bits per heavy atom. The number of aryl methyl sites for hydroxylation is 1. The third-order valence-corrected chi connectivity index (χ3v) is 4.77. The van der Waals surface area contributed by atoms with E-state index in [1.807, 2.05) is 0 Å². The predicted octanol–water partition coefficient (Wildman–Crippen LogP) is 3.07. The van der Waals surface area contributed by atoms with Gasteiger partial charge in [0.25, 0.3) is 0 Å². The molecule has 2 rings (SSSR count). The molecule has 1 aromatic carbocycles. The summed E-state index contributed by atoms with van der Waals surface area (Å²) < 4.78 is 37.5. The van der Waals surface area contributed by atoms with Crippen LogP contribution in [-0.2, 0) is 5.41 Å². The molecule has 0 saturated carbocycles. The Morgan fingerprint density at radius 2 is 1.88 bits per heavy atom. The molecule has 1 fully saturated rings. The van der Waals surface area contributed by atoms with Gasteiger partial charge in [-0.3, -0.25) is 9.89 Å². The first-order valence-electron chi connectivity index (χ1n) is 8.92. The first-order valence-corrected chi connectivity index (χ1v) is 8.92. The van der Waals surface area contributed by atoms with Crippen LogP contribution in [0.4, 0.5) is 13.2 Å². The Labute approximate surface area is 153 Å². The van der Waals surface area contributed by atoms with Crippen molar-refractivity contribution in [2.75, 3.05) is 33.2 Å². The van der Waals surface area contributed by atoms with Gasteiger partial charge in [-0.05, 0) is 18.9 Å². The zero-order chi connectivity index (χ0) is 19.4. The van der Waals surface area contributed by atoms with Crippen molar-refractivity contribution in [1.29, 1.82) is 0 Å². The number of alkyl halides is 3. The molecule has 0 spiro atoms. The molecule has 146 valence electrons. The third kappa shape index (κ3) is 6.20. The molecule has 1 aliphatic heterocycles. The summed E-state index contributed by atoms with van der Waals surface area (Å²) in [6.07, 6.45) is -3.47. The average molecular weight is 370 g/mol. The molecule has 1 aromatic rings. The normalized spacial score (nSPS) is 19.7. The van der Waals surface area contributed by atoms with Crippen molar-refractivity contribution >= 4 is 5.96 Å². The second-order valence-corrected chi connectivity index (χ2v) is 7.66. The van der Waals surface area contributed by atoms with Crippen molar-refractivity contribution < 1.29 is 13.2 Å². The molecule has 2 N–H and O–H groups in total. The van der Waals surface area contributed by atoms with Crippen molar-refractivity contribution in [2.24, 2.45) is 4.99 Å². The molecule has 1 saturated heterocycles. The minimum atomic E-state index is -4.15. The smallest absolute Gasteiger partial charge is 0.356 e. The molecule has 0 radical (unpaired) electrons. The first kappa shape index (κ1) is 20.6. The van der Waals surface area contributed by atoms with Gasteiger partial charge in [0.1, 0.15) is 0 Å². The van der Waals surface area contributed by atoms with Crippen molar-refractivity contribution in [3.63, 3.8) is 0 Å². The molecule has 1 heterocycles. The predicted molar refractivity (Wildman–Crippen MR) is 99.6 cm³/mol. The minimum absolute atomic E-state index is 0.0222. The lowest BCUT2D eigenvalue weighted by atomic mass is 9.84. The summed E-state index contributed by atoms with van der Waals surface area (Å²) in [6.45, 7) is 7.01. The van der Waals surface area contributed by atoms with Gasteiger partial charge in [-0.1, -0.05) is 43.7 Å². The fourth-order valence-electron chi connectivity index (χ4n) is 3.15. The number of nitrogens with one attached hydrogen (secondary N) is 2. The van der Waals surface area contributed by atoms with Crippen molar-refractivity contribution in [3.05, 3.63) is 35.4 Å². The number of aliphatic imine (C=N–C) groups is 1. The summed E-state index contributed by atoms with van der Waals surface area (Å²) in [5.41, 5.74) is 2.35. The molecule has 26 heavy (non-hydrogen) atoms. The SMILES string of the molecule is CN=C(NCC(C)(C)c1ccc(C)cc1)NC1CCN(CC(F)(F)F)C1. The van der Waals surface area contributed by atoms with E-state index in [9.17, 15) is 13.2 Å². The molecule has 1 unspecified atom stereocenters. The molecular weight excluding hydrogens is 341 g/mol. The highest BCUT2D eigenvalue weighted by Gasteiger charge is 2.34. The van der Waals surface area contributed by atoms with Crippen LogP contribution in [0.15, 0.2) is 29.3 Å². The van der Waals surface area contributed by atoms with E-state index < -0.39 is 12.7 Å². The fourth-order valence-corrected chi connectivity index (χ4v) is 3.15. The first-order chi connectivity index (χ1) is 12.1. The van der Waals surface area contributed by atoms with Gasteiger partial charge >= 0.3 is 6.18 Å². The second kappa shape index (κ2) is 8.29. The zero-order valence-electron chi connectivity index (χ0n) is 16.0. The number of hydrogen-bond acceptors (Lipinski definition) is 2. The summed E-state index contributed by atoms with van der Waals surface area (Å²) in [5.74, 6) is 0.629. The van der Waals surface area contributed by atoms with Crippen LogP contribution >= 0.6 is 0 Å². The topological polar surface area (TPSA) is 39.7 Å². The highest BCUT2D eigenvalue weighted by molar-refractivity contribution is 5.80. The Balaban J connectivity index is 1.85. The van der Waals surface area contributed by atoms with Crippen LogP contribution in [0.25, 0.3) is 0 Å². The number of hydrogen-bond donors (Lipinski definition) is 2. The molecule has 0 aliphatic carbocycles. The van der Waals surface area contributed by atoms with Crippen LogP contribution in [0.2, 0.25) is 0 Å². The quantitative estimate of drug-likeness (QED) is 0.618. The van der Waals surface area contributed by atoms with Crippen LogP contribution in [0, 0.1) is 6.92 Å². The zero-order valence-corrected chi connectivity index (χ0v) is 16.0. The van der Waals surface area contributed by atoms with Crippen LogP contribution in [-0.4, -0.2) is 56.3 Å². The average Bonchev–Trinajstić information content (AvgIpc) is 2.96. The van der Waals surface area contributed by atoms with E-state index in [0.717, 1.165) is 0 Å². The molecule has 1 aliphatic rings. The maximum atomic E-state index is 12.5. The van der Waals surface area contributed by atoms with Crippen molar-refractivity contribution in [3.8, 4) is 0 Å². The van der Waals surface area contributed by atoms with Crippen LogP contribution < -0.4 is 10.6 Å². The number of nitrogens with zero attached hydrogens (tertiary/aromatic N) is 2. The number of guanidine groups is 1. The fraction of sp³-hybridized carbons (Fsp3) is 0.632. The maximum Gasteiger partial charge on any atom is 0.401 e. The summed E-state index contributed by atoms with van der Waals surface area (Å²) >= 11 is 0. The van der Waals surface area contributed by atoms with Gasteiger partial charge in [-0.15, -0.1) is 0 Å². The van der Waals surface area contributed by atoms with Gasteiger partial charge in [0.05, 0.1) is 6.54 Å². The third-order valence-electron chi connectivity index (χ3n) is 4.77. The van der Waals surface area contributed by atoms with Gasteiger partial charge in [-0.25, -0.2) is 0 Å². The lowest BCUT2D eigenvalue weighted by molar-refractivity contribution is -0.143. The van der Waals surface area contributed by atoms with Crippen molar-refractivity contribution in [1.82, 2.24) is 15.5 Å². The van der Waals surface area contributed by atoms with E-state index in [2.05, 4.69) is 60.7 Å². The molecule has 0 bridgehead atoms. The van der Waals surface area contributed by atoms with Gasteiger partial charge in [0, 0.05) is 38.1 Å². The number of rotatable bonds is 5. The summed E-state index contributed by atoms with van der Waals surface area (Å²) in [6, 6.07) is 8.42. The molecule has 0 amide bonds. The Kier molecular flexibility index (Phi) is 6.55. The molecule has 4 nitrogen and oxygen atoms in total. The van der Waals surface area contributed by atoms with E-state index in [1.54, 1.807) is 7.05 Å². The van der Waals surface area contributed by atoms with E-state index in [-0.39, 0.29) is 11.5 Å². The molecule has 7 heteroatoms. The molecule has 0 aromatic heterocycles. The minimum Gasteiger partial charge on any atom is -0.356 e. The van der Waals surface area contributed by atoms with Crippen LogP contribution in [0.3, 0.4) is 0 Å². The number of benzene rings is 1. The Bertz CT molecular complexity index is 608. The van der Waals surface area contributed by atoms with Crippen LogP contribution in [0.1, 0.15) is 31.4 Å². The summed E-state index contributed by atoms with van der Waals surface area (Å²) in [7, 11) is 1.68. The highest BCUT2D eigenvalue weighted by Crippen LogP contribution is 2.23. The van der Waals surface area contributed by atoms with E-state index in [0.29, 0.717) is 32.0 Å². The van der Waals surface area contributed by atoms with Crippen LogP contribution in [0.5, 0.6) is 0 Å². The summed E-state index contributed by atoms with van der Waals surface area (Å²) in [4.78, 5) is 5.65. The van der Waals surface area contributed by atoms with E-state index in [1.165, 1.54) is 16.0 Å². The van der Waals surface area contributed by atoms with Crippen molar-refractivity contribution in [2.45, 2.75) is 44.8 Å². The maximum absolute atomic E-state index is 12.5. The Hall–Kier alpha value is -1.76. The lowest BCUT2D eigenvalue weighted by Crippen LogP contribution is -2.48. The number of halogens is 3. The molecule has 1 atom stereocenters.